The molecule has 0 aromatic heterocycles. The third-order valence-corrected chi connectivity index (χ3v) is 7.02. The molecule has 1 spiro atoms. The highest BCUT2D eigenvalue weighted by Gasteiger charge is 2.47. The minimum atomic E-state index is -4.40. The molecule has 9 heteroatoms. The summed E-state index contributed by atoms with van der Waals surface area (Å²) in [6, 6.07) is 10.1. The maximum Gasteiger partial charge on any atom is 0.416 e. The van der Waals surface area contributed by atoms with Crippen LogP contribution in [-0.4, -0.2) is 48.0 Å². The van der Waals surface area contributed by atoms with Gasteiger partial charge in [-0.15, -0.1) is 0 Å². The predicted octanol–water partition coefficient (Wildman–Crippen LogP) is 5.03. The third kappa shape index (κ3) is 4.72. The van der Waals surface area contributed by atoms with Crippen LogP contribution in [0.15, 0.2) is 54.8 Å². The number of halogens is 3. The molecule has 0 saturated carbocycles. The Bertz CT molecular complexity index is 1160. The molecule has 5 rings (SSSR count). The number of likely N-dealkylation sites (tertiary alicyclic amines) is 2. The van der Waals surface area contributed by atoms with Gasteiger partial charge in [0.25, 0.3) is 5.91 Å². The Kier molecular flexibility index (Phi) is 5.73. The summed E-state index contributed by atoms with van der Waals surface area (Å²) >= 11 is 0. The molecule has 3 heterocycles. The van der Waals surface area contributed by atoms with E-state index in [2.05, 4.69) is 6.58 Å². The topological polar surface area (TPSA) is 59.1 Å². The van der Waals surface area contributed by atoms with E-state index >= 15 is 0 Å². The van der Waals surface area contributed by atoms with Gasteiger partial charge in [-0.3, -0.25) is 4.79 Å². The number of carbonyl (C=O) groups is 2. The van der Waals surface area contributed by atoms with Gasteiger partial charge in [-0.05, 0) is 42.7 Å². The molecule has 184 valence electrons. The van der Waals surface area contributed by atoms with E-state index in [1.165, 1.54) is 12.1 Å². The highest BCUT2D eigenvalue weighted by molar-refractivity contribution is 5.95. The first-order valence-corrected chi connectivity index (χ1v) is 11.5. The number of allylic oxidation sites excluding steroid dienone is 1. The van der Waals surface area contributed by atoms with Gasteiger partial charge in [-0.1, -0.05) is 24.8 Å². The Hall–Kier alpha value is -3.49. The number of fused-ring (bicyclic) bond motifs is 1. The number of amides is 2. The zero-order valence-corrected chi connectivity index (χ0v) is 19.1. The summed E-state index contributed by atoms with van der Waals surface area (Å²) < 4.78 is 48.9. The first kappa shape index (κ1) is 23.3. The number of ether oxygens (including phenoxy) is 2. The van der Waals surface area contributed by atoms with Crippen LogP contribution in [0.4, 0.5) is 18.0 Å². The zero-order chi connectivity index (χ0) is 24.8. The lowest BCUT2D eigenvalue weighted by atomic mass is 9.72. The molecule has 2 aromatic rings. The van der Waals surface area contributed by atoms with Crippen molar-refractivity contribution in [2.45, 2.75) is 32.0 Å². The lowest BCUT2D eigenvalue weighted by Gasteiger charge is -2.53. The van der Waals surface area contributed by atoms with Gasteiger partial charge in [0.1, 0.15) is 18.1 Å². The molecule has 0 radical (unpaired) electrons. The second-order valence-electron chi connectivity index (χ2n) is 9.54. The summed E-state index contributed by atoms with van der Waals surface area (Å²) in [6.07, 6.45) is -2.68. The third-order valence-electron chi connectivity index (χ3n) is 7.02. The van der Waals surface area contributed by atoms with Gasteiger partial charge in [0, 0.05) is 49.1 Å². The van der Waals surface area contributed by atoms with E-state index in [0.717, 1.165) is 30.5 Å². The zero-order valence-electron chi connectivity index (χ0n) is 19.1. The number of nitrogens with zero attached hydrogens (tertiary/aromatic N) is 2. The SMILES string of the molecule is C=C1Cc2ccc(C(=O)N3CC4(CCN(C(=O)OCc5ccc(C(F)(F)F)cc5)CC4)C3)cc2O1. The Morgan fingerprint density at radius 3 is 2.37 bits per heavy atom. The van der Waals surface area contributed by atoms with E-state index in [1.807, 2.05) is 17.0 Å². The van der Waals surface area contributed by atoms with Gasteiger partial charge < -0.3 is 19.3 Å². The fourth-order valence-electron chi connectivity index (χ4n) is 4.93. The summed E-state index contributed by atoms with van der Waals surface area (Å²) in [5.74, 6) is 1.34. The molecule has 3 aliphatic heterocycles. The van der Waals surface area contributed by atoms with Crippen molar-refractivity contribution in [2.75, 3.05) is 26.2 Å². The molecule has 0 aliphatic carbocycles. The van der Waals surface area contributed by atoms with Gasteiger partial charge in [0.05, 0.1) is 5.56 Å². The minimum Gasteiger partial charge on any atom is -0.462 e. The molecule has 0 N–H and O–H groups in total. The van der Waals surface area contributed by atoms with Gasteiger partial charge in [0.2, 0.25) is 0 Å². The molecule has 35 heavy (non-hydrogen) atoms. The average molecular weight is 486 g/mol. The quantitative estimate of drug-likeness (QED) is 0.611. The van der Waals surface area contributed by atoms with Crippen molar-refractivity contribution in [1.82, 2.24) is 9.80 Å². The number of rotatable bonds is 3. The number of carbonyl (C=O) groups excluding carboxylic acids is 2. The lowest BCUT2D eigenvalue weighted by Crippen LogP contribution is -2.62. The van der Waals surface area contributed by atoms with E-state index in [1.54, 1.807) is 11.0 Å². The van der Waals surface area contributed by atoms with Crippen LogP contribution < -0.4 is 4.74 Å². The van der Waals surface area contributed by atoms with Crippen LogP contribution in [0.1, 0.15) is 39.9 Å². The van der Waals surface area contributed by atoms with Crippen LogP contribution in [0.25, 0.3) is 0 Å². The summed E-state index contributed by atoms with van der Waals surface area (Å²) in [7, 11) is 0. The fraction of sp³-hybridized carbons (Fsp3) is 0.385. The Labute approximate surface area is 200 Å². The predicted molar refractivity (Wildman–Crippen MR) is 121 cm³/mol. The van der Waals surface area contributed by atoms with E-state index in [4.69, 9.17) is 9.47 Å². The van der Waals surface area contributed by atoms with Crippen molar-refractivity contribution >= 4 is 12.0 Å². The van der Waals surface area contributed by atoms with Gasteiger partial charge in [0.15, 0.2) is 0 Å². The molecule has 0 unspecified atom stereocenters. The normalized spacial score (nSPS) is 18.7. The van der Waals surface area contributed by atoms with E-state index < -0.39 is 17.8 Å². The van der Waals surface area contributed by atoms with Crippen molar-refractivity contribution in [3.8, 4) is 5.75 Å². The molecule has 6 nitrogen and oxygen atoms in total. The largest absolute Gasteiger partial charge is 0.462 e. The van der Waals surface area contributed by atoms with Crippen LogP contribution in [-0.2, 0) is 23.9 Å². The molecule has 0 bridgehead atoms. The van der Waals surface area contributed by atoms with Crippen LogP contribution >= 0.6 is 0 Å². The highest BCUT2D eigenvalue weighted by atomic mass is 19.4. The van der Waals surface area contributed by atoms with Crippen molar-refractivity contribution in [2.24, 2.45) is 5.41 Å². The van der Waals surface area contributed by atoms with Crippen LogP contribution in [0.2, 0.25) is 0 Å². The smallest absolute Gasteiger partial charge is 0.416 e. The van der Waals surface area contributed by atoms with Crippen LogP contribution in [0.3, 0.4) is 0 Å². The summed E-state index contributed by atoms with van der Waals surface area (Å²) in [5.41, 5.74) is 1.38. The molecule has 2 amide bonds. The van der Waals surface area contributed by atoms with E-state index in [-0.39, 0.29) is 17.9 Å². The Balaban J connectivity index is 1.08. The summed E-state index contributed by atoms with van der Waals surface area (Å²) in [5, 5.41) is 0. The lowest BCUT2D eigenvalue weighted by molar-refractivity contribution is -0.137. The van der Waals surface area contributed by atoms with E-state index in [9.17, 15) is 22.8 Å². The molecule has 0 atom stereocenters. The molecule has 2 saturated heterocycles. The maximum absolute atomic E-state index is 12.9. The van der Waals surface area contributed by atoms with Crippen LogP contribution in [0, 0.1) is 5.41 Å². The van der Waals surface area contributed by atoms with E-state index in [0.29, 0.717) is 55.2 Å². The van der Waals surface area contributed by atoms with Gasteiger partial charge >= 0.3 is 12.3 Å². The van der Waals surface area contributed by atoms with Crippen molar-refractivity contribution < 1.29 is 32.2 Å². The van der Waals surface area contributed by atoms with Crippen molar-refractivity contribution in [3.63, 3.8) is 0 Å². The van der Waals surface area contributed by atoms with Crippen molar-refractivity contribution in [3.05, 3.63) is 77.1 Å². The van der Waals surface area contributed by atoms with Gasteiger partial charge in [-0.2, -0.15) is 13.2 Å². The molecule has 2 fully saturated rings. The first-order valence-electron chi connectivity index (χ1n) is 11.5. The second kappa shape index (κ2) is 8.62. The Morgan fingerprint density at radius 2 is 1.71 bits per heavy atom. The first-order chi connectivity index (χ1) is 16.6. The number of hydrogen-bond donors (Lipinski definition) is 0. The number of hydrogen-bond acceptors (Lipinski definition) is 4. The second-order valence-corrected chi connectivity index (χ2v) is 9.54. The molecular weight excluding hydrogens is 461 g/mol. The molecular formula is C26H25F3N2O4. The number of benzene rings is 2. The maximum atomic E-state index is 12.9. The monoisotopic (exact) mass is 486 g/mol. The Morgan fingerprint density at radius 1 is 1.03 bits per heavy atom. The average Bonchev–Trinajstić information content (AvgIpc) is 3.19. The highest BCUT2D eigenvalue weighted by Crippen LogP contribution is 2.41. The summed E-state index contributed by atoms with van der Waals surface area (Å²) in [6.45, 7) is 6.06. The minimum absolute atomic E-state index is 0.00137. The van der Waals surface area contributed by atoms with Crippen molar-refractivity contribution in [1.29, 1.82) is 0 Å². The standard InChI is InChI=1S/C26H25F3N2O4/c1-17-12-19-4-5-20(13-22(19)35-17)23(32)31-15-25(16-31)8-10-30(11-9-25)24(33)34-14-18-2-6-21(7-3-18)26(27,28)29/h2-7,13H,1,8-12,14-16H2. The van der Waals surface area contributed by atoms with Crippen LogP contribution in [0.5, 0.6) is 5.75 Å². The molecule has 2 aromatic carbocycles. The fourth-order valence-corrected chi connectivity index (χ4v) is 4.93. The molecule has 3 aliphatic rings. The number of piperidine rings is 1. The van der Waals surface area contributed by atoms with Gasteiger partial charge in [-0.25, -0.2) is 4.79 Å². The summed E-state index contributed by atoms with van der Waals surface area (Å²) in [4.78, 5) is 28.8. The number of alkyl halides is 3.